The van der Waals surface area contributed by atoms with Crippen LogP contribution in [0.4, 0.5) is 5.13 Å². The Balaban J connectivity index is 1.78. The lowest BCUT2D eigenvalue weighted by atomic mass is 10.2. The lowest BCUT2D eigenvalue weighted by molar-refractivity contribution is -0.118. The minimum atomic E-state index is -3.49. The fourth-order valence-electron chi connectivity index (χ4n) is 3.31. The second-order valence-corrected chi connectivity index (χ2v) is 11.5. The Hall–Kier alpha value is -2.20. The monoisotopic (exact) mass is 509 g/mol. The van der Waals surface area contributed by atoms with Crippen LogP contribution in [0.15, 0.2) is 41.3 Å². The molecule has 178 valence electrons. The van der Waals surface area contributed by atoms with Crippen LogP contribution < -0.4 is 9.64 Å². The Morgan fingerprint density at radius 3 is 2.45 bits per heavy atom. The molecule has 0 radical (unpaired) electrons. The summed E-state index contributed by atoms with van der Waals surface area (Å²) in [6, 6.07) is 9.91. The second kappa shape index (κ2) is 10.8. The third-order valence-corrected chi connectivity index (χ3v) is 8.47. The van der Waals surface area contributed by atoms with Gasteiger partial charge >= 0.3 is 0 Å². The van der Waals surface area contributed by atoms with Crippen molar-refractivity contribution in [2.45, 2.75) is 24.7 Å². The molecule has 1 amide bonds. The summed E-state index contributed by atoms with van der Waals surface area (Å²) in [5.74, 6) is 0.389. The lowest BCUT2D eigenvalue weighted by Gasteiger charge is -2.22. The van der Waals surface area contributed by atoms with Gasteiger partial charge < -0.3 is 9.64 Å². The Labute approximate surface area is 203 Å². The molecule has 1 heterocycles. The van der Waals surface area contributed by atoms with Crippen molar-refractivity contribution in [3.05, 3.63) is 47.0 Å². The van der Waals surface area contributed by atoms with Gasteiger partial charge in [0.2, 0.25) is 5.91 Å². The van der Waals surface area contributed by atoms with Crippen molar-refractivity contribution in [1.82, 2.24) is 9.88 Å². The molecule has 0 N–H and O–H groups in total. The first-order chi connectivity index (χ1) is 15.6. The van der Waals surface area contributed by atoms with Crippen molar-refractivity contribution >= 4 is 54.0 Å². The zero-order valence-electron chi connectivity index (χ0n) is 19.2. The van der Waals surface area contributed by atoms with Crippen LogP contribution in [-0.2, 0) is 14.6 Å². The van der Waals surface area contributed by atoms with Crippen LogP contribution in [0.25, 0.3) is 10.2 Å². The van der Waals surface area contributed by atoms with Crippen LogP contribution in [0.5, 0.6) is 5.75 Å². The van der Waals surface area contributed by atoms with E-state index >= 15 is 0 Å². The van der Waals surface area contributed by atoms with Gasteiger partial charge in [-0.1, -0.05) is 29.0 Å². The molecule has 3 rings (SSSR count). The van der Waals surface area contributed by atoms with E-state index in [0.29, 0.717) is 29.0 Å². The summed E-state index contributed by atoms with van der Waals surface area (Å²) in [6.07, 6.45) is 0.321. The van der Waals surface area contributed by atoms with Gasteiger partial charge in [0.05, 0.1) is 22.5 Å². The number of thiazole rings is 1. The summed E-state index contributed by atoms with van der Waals surface area (Å²) >= 11 is 7.29. The number of fused-ring (bicyclic) bond motifs is 1. The highest BCUT2D eigenvalue weighted by Gasteiger charge is 2.23. The number of anilines is 1. The molecule has 2 aromatic carbocycles. The summed E-state index contributed by atoms with van der Waals surface area (Å²) in [5, 5.41) is 1.06. The van der Waals surface area contributed by atoms with E-state index in [1.807, 2.05) is 38.1 Å². The Bertz CT molecular complexity index is 1220. The standard InChI is InChI=1S/C23H28ClN3O4S2/c1-16-7-12-19(31-4)21-22(16)32-23(25-21)27(14-13-26(2)3)20(28)6-5-15-33(29,30)18-10-8-17(24)9-11-18/h7-12H,5-6,13-15H2,1-4H3. The number of benzene rings is 2. The average molecular weight is 510 g/mol. The Morgan fingerprint density at radius 1 is 1.12 bits per heavy atom. The number of amides is 1. The van der Waals surface area contributed by atoms with E-state index < -0.39 is 9.84 Å². The number of nitrogens with zero attached hydrogens (tertiary/aromatic N) is 3. The highest BCUT2D eigenvalue weighted by atomic mass is 35.5. The molecule has 0 aliphatic heterocycles. The molecule has 0 aliphatic rings. The summed E-state index contributed by atoms with van der Waals surface area (Å²) in [5.41, 5.74) is 1.79. The number of ether oxygens (including phenoxy) is 1. The third kappa shape index (κ3) is 6.23. The summed E-state index contributed by atoms with van der Waals surface area (Å²) in [7, 11) is 1.98. The molecule has 10 heteroatoms. The summed E-state index contributed by atoms with van der Waals surface area (Å²) in [4.78, 5) is 21.7. The van der Waals surface area contributed by atoms with Crippen molar-refractivity contribution in [3.63, 3.8) is 0 Å². The van der Waals surface area contributed by atoms with Gasteiger partial charge in [-0.25, -0.2) is 13.4 Å². The van der Waals surface area contributed by atoms with Gasteiger partial charge in [-0.2, -0.15) is 0 Å². The zero-order valence-corrected chi connectivity index (χ0v) is 21.6. The zero-order chi connectivity index (χ0) is 24.2. The predicted octanol–water partition coefficient (Wildman–Crippen LogP) is 4.42. The quantitative estimate of drug-likeness (QED) is 0.402. The molecule has 0 atom stereocenters. The molecule has 3 aromatic rings. The number of hydrogen-bond acceptors (Lipinski definition) is 7. The summed E-state index contributed by atoms with van der Waals surface area (Å²) in [6.45, 7) is 3.11. The number of methoxy groups -OCH3 is 1. The van der Waals surface area contributed by atoms with E-state index in [2.05, 4.69) is 0 Å². The smallest absolute Gasteiger partial charge is 0.228 e. The van der Waals surface area contributed by atoms with Crippen molar-refractivity contribution in [2.75, 3.05) is 44.9 Å². The maximum absolute atomic E-state index is 13.2. The largest absolute Gasteiger partial charge is 0.494 e. The Morgan fingerprint density at radius 2 is 1.82 bits per heavy atom. The molecular weight excluding hydrogens is 482 g/mol. The van der Waals surface area contributed by atoms with Crippen molar-refractivity contribution in [1.29, 1.82) is 0 Å². The van der Waals surface area contributed by atoms with Crippen molar-refractivity contribution in [2.24, 2.45) is 0 Å². The SMILES string of the molecule is COc1ccc(C)c2sc(N(CCN(C)C)C(=O)CCCS(=O)(=O)c3ccc(Cl)cc3)nc12. The first-order valence-electron chi connectivity index (χ1n) is 10.5. The van der Waals surface area contributed by atoms with Gasteiger partial charge in [-0.05, 0) is 63.3 Å². The maximum atomic E-state index is 13.2. The topological polar surface area (TPSA) is 79.8 Å². The van der Waals surface area contributed by atoms with Gasteiger partial charge in [-0.3, -0.25) is 9.69 Å². The number of aryl methyl sites for hydroxylation is 1. The first-order valence-corrected chi connectivity index (χ1v) is 13.3. The third-order valence-electron chi connectivity index (χ3n) is 5.19. The van der Waals surface area contributed by atoms with E-state index in [4.69, 9.17) is 21.3 Å². The molecule has 0 saturated heterocycles. The van der Waals surface area contributed by atoms with Crippen LogP contribution in [0.3, 0.4) is 0 Å². The highest BCUT2D eigenvalue weighted by molar-refractivity contribution is 7.91. The van der Waals surface area contributed by atoms with Gasteiger partial charge in [-0.15, -0.1) is 0 Å². The molecule has 0 aliphatic carbocycles. The van der Waals surface area contributed by atoms with Gasteiger partial charge in [0.1, 0.15) is 11.3 Å². The number of hydrogen-bond donors (Lipinski definition) is 0. The predicted molar refractivity (Wildman–Crippen MR) is 135 cm³/mol. The maximum Gasteiger partial charge on any atom is 0.228 e. The molecular formula is C23H28ClN3O4S2. The first kappa shape index (κ1) is 25.4. The Kier molecular flexibility index (Phi) is 8.33. The van der Waals surface area contributed by atoms with Crippen molar-refractivity contribution in [3.8, 4) is 5.75 Å². The number of carbonyl (C=O) groups is 1. The van der Waals surface area contributed by atoms with E-state index in [0.717, 1.165) is 15.8 Å². The molecule has 7 nitrogen and oxygen atoms in total. The number of likely N-dealkylation sites (N-methyl/N-ethyl adjacent to an activating group) is 1. The number of rotatable bonds is 10. The fourth-order valence-corrected chi connectivity index (χ4v) is 5.85. The van der Waals surface area contributed by atoms with Crippen LogP contribution in [0.1, 0.15) is 18.4 Å². The number of halogens is 1. The highest BCUT2D eigenvalue weighted by Crippen LogP contribution is 2.36. The van der Waals surface area contributed by atoms with E-state index in [9.17, 15) is 13.2 Å². The molecule has 1 aromatic heterocycles. The molecule has 0 unspecified atom stereocenters. The fraction of sp³-hybridized carbons (Fsp3) is 0.391. The van der Waals surface area contributed by atoms with Crippen LogP contribution >= 0.6 is 22.9 Å². The summed E-state index contributed by atoms with van der Waals surface area (Å²) < 4.78 is 31.6. The van der Waals surface area contributed by atoms with E-state index in [-0.39, 0.29) is 29.4 Å². The van der Waals surface area contributed by atoms with Crippen LogP contribution in [0, 0.1) is 6.92 Å². The lowest BCUT2D eigenvalue weighted by Crippen LogP contribution is -2.36. The molecule has 0 bridgehead atoms. The minimum Gasteiger partial charge on any atom is -0.494 e. The number of carbonyl (C=O) groups excluding carboxylic acids is 1. The second-order valence-electron chi connectivity index (χ2n) is 7.98. The van der Waals surface area contributed by atoms with Gasteiger partial charge in [0.15, 0.2) is 15.0 Å². The van der Waals surface area contributed by atoms with Crippen LogP contribution in [0.2, 0.25) is 5.02 Å². The van der Waals surface area contributed by atoms with E-state index in [1.54, 1.807) is 24.1 Å². The van der Waals surface area contributed by atoms with E-state index in [1.165, 1.54) is 23.5 Å². The minimum absolute atomic E-state index is 0.103. The molecule has 0 fully saturated rings. The number of aromatic nitrogens is 1. The van der Waals surface area contributed by atoms with Gasteiger partial charge in [0.25, 0.3) is 0 Å². The average Bonchev–Trinajstić information content (AvgIpc) is 3.20. The molecule has 0 spiro atoms. The normalized spacial score (nSPS) is 11.8. The van der Waals surface area contributed by atoms with Crippen molar-refractivity contribution < 1.29 is 17.9 Å². The van der Waals surface area contributed by atoms with Crippen LogP contribution in [-0.4, -0.2) is 64.3 Å². The number of sulfone groups is 1. The molecule has 33 heavy (non-hydrogen) atoms. The van der Waals surface area contributed by atoms with Gasteiger partial charge in [0, 0.05) is 24.5 Å². The molecule has 0 saturated carbocycles.